The van der Waals surface area contributed by atoms with Crippen molar-refractivity contribution in [1.82, 2.24) is 0 Å². The van der Waals surface area contributed by atoms with Gasteiger partial charge in [-0.2, -0.15) is 0 Å². The van der Waals surface area contributed by atoms with Gasteiger partial charge in [-0.15, -0.1) is 0 Å². The van der Waals surface area contributed by atoms with Crippen LogP contribution >= 0.6 is 15.8 Å². The SMILES string of the molecule is c1ccc(P(c2ccccc2)c2ccc3ccc4cc3c2-c2c(P(c3ccccc3)c3ccccc3)ccc3ccc(cc23)OCc2ccc(cc2)CO4)cc1. The van der Waals surface area contributed by atoms with E-state index in [1.165, 1.54) is 64.5 Å². The van der Waals surface area contributed by atoms with E-state index < -0.39 is 15.8 Å². The topological polar surface area (TPSA) is 18.5 Å². The van der Waals surface area contributed by atoms with Crippen LogP contribution in [0.1, 0.15) is 11.1 Å². The molecule has 0 spiro atoms. The van der Waals surface area contributed by atoms with Crippen molar-refractivity contribution in [3.8, 4) is 22.6 Å². The van der Waals surface area contributed by atoms with Gasteiger partial charge in [0.05, 0.1) is 0 Å². The van der Waals surface area contributed by atoms with Gasteiger partial charge in [0, 0.05) is 0 Å². The van der Waals surface area contributed by atoms with Crippen molar-refractivity contribution in [2.45, 2.75) is 13.2 Å². The Balaban J connectivity index is 1.37. The zero-order valence-corrected chi connectivity index (χ0v) is 32.5. The quantitative estimate of drug-likeness (QED) is 0.157. The first kappa shape index (κ1) is 34.5. The Hall–Kier alpha value is -6.04. The van der Waals surface area contributed by atoms with E-state index in [9.17, 15) is 0 Å². The lowest BCUT2D eigenvalue weighted by atomic mass is 9.93. The van der Waals surface area contributed by atoms with Gasteiger partial charge in [0.1, 0.15) is 24.7 Å². The van der Waals surface area contributed by atoms with Crippen molar-refractivity contribution < 1.29 is 9.47 Å². The summed E-state index contributed by atoms with van der Waals surface area (Å²) in [5, 5.41) is 12.6. The molecule has 9 aromatic carbocycles. The summed E-state index contributed by atoms with van der Waals surface area (Å²) in [6.07, 6.45) is 0. The van der Waals surface area contributed by atoms with Crippen molar-refractivity contribution in [2.24, 2.45) is 0 Å². The van der Waals surface area contributed by atoms with Crippen molar-refractivity contribution in [3.05, 3.63) is 217 Å². The molecule has 0 aliphatic carbocycles. The number of hydrogen-bond donors (Lipinski definition) is 0. The molecule has 0 amide bonds. The summed E-state index contributed by atoms with van der Waals surface area (Å²) in [5.41, 5.74) is 4.74. The number of hydrogen-bond acceptors (Lipinski definition) is 2. The molecule has 0 saturated carbocycles. The van der Waals surface area contributed by atoms with E-state index in [1.54, 1.807) is 0 Å². The molecule has 0 saturated heterocycles. The zero-order chi connectivity index (χ0) is 37.3. The maximum atomic E-state index is 6.63. The Morgan fingerprint density at radius 2 is 0.643 bits per heavy atom. The number of rotatable bonds is 6. The van der Waals surface area contributed by atoms with Gasteiger partial charge < -0.3 is 9.47 Å². The third-order valence-electron chi connectivity index (χ3n) is 10.6. The molecule has 268 valence electrons. The monoisotopic (exact) mass is 756 g/mol. The molecule has 56 heavy (non-hydrogen) atoms. The molecular weight excluding hydrogens is 719 g/mol. The van der Waals surface area contributed by atoms with Crippen LogP contribution in [0.3, 0.4) is 0 Å². The molecule has 2 nitrogen and oxygen atoms in total. The van der Waals surface area contributed by atoms with Crippen LogP contribution in [0.4, 0.5) is 0 Å². The molecule has 0 atom stereocenters. The molecule has 9 aromatic rings. The molecule has 0 aromatic heterocycles. The number of benzene rings is 9. The lowest BCUT2D eigenvalue weighted by molar-refractivity contribution is 0.303. The summed E-state index contributed by atoms with van der Waals surface area (Å²) in [4.78, 5) is 0. The molecule has 4 heteroatoms. The van der Waals surface area contributed by atoms with E-state index >= 15 is 0 Å². The summed E-state index contributed by atoms with van der Waals surface area (Å²) >= 11 is 0. The molecule has 11 rings (SSSR count). The lowest BCUT2D eigenvalue weighted by Gasteiger charge is -2.28. The molecule has 0 unspecified atom stereocenters. The van der Waals surface area contributed by atoms with Gasteiger partial charge in [0.2, 0.25) is 0 Å². The zero-order valence-electron chi connectivity index (χ0n) is 30.8. The Morgan fingerprint density at radius 1 is 0.321 bits per heavy atom. The van der Waals surface area contributed by atoms with E-state index in [0.717, 1.165) is 22.6 Å². The minimum atomic E-state index is -0.982. The third-order valence-corrected chi connectivity index (χ3v) is 15.5. The summed E-state index contributed by atoms with van der Waals surface area (Å²) in [6, 6.07) is 75.5. The van der Waals surface area contributed by atoms with E-state index in [1.807, 2.05) is 0 Å². The summed E-state index contributed by atoms with van der Waals surface area (Å²) in [5.74, 6) is 1.71. The van der Waals surface area contributed by atoms with Crippen LogP contribution in [0, 0.1) is 0 Å². The Labute approximate surface area is 330 Å². The highest BCUT2D eigenvalue weighted by Crippen LogP contribution is 2.46. The predicted octanol–water partition coefficient (Wildman–Crippen LogP) is 10.6. The molecule has 2 aliphatic rings. The van der Waals surface area contributed by atoms with Crippen molar-refractivity contribution >= 4 is 69.2 Å². The predicted molar refractivity (Wildman–Crippen MR) is 239 cm³/mol. The normalized spacial score (nSPS) is 12.4. The standard InChI is InChI=1S/C52H38O2P2/c1-5-13-43(14-6-1)55(44-15-7-2-8-16-44)49-31-27-39-25-29-41-33-47(39)51(49)52-48-34-42(54-36-38-23-21-37(22-24-38)35-53-41)30-26-40(48)28-32-50(52)56(45-17-9-3-10-18-45)46-19-11-4-12-20-46/h1-34H,35-36H2. The number of ether oxygens (including phenoxy) is 2. The lowest BCUT2D eigenvalue weighted by Crippen LogP contribution is -2.26. The van der Waals surface area contributed by atoms with Crippen molar-refractivity contribution in [2.75, 3.05) is 0 Å². The molecule has 2 heterocycles. The highest BCUT2D eigenvalue weighted by molar-refractivity contribution is 7.80. The van der Waals surface area contributed by atoms with Gasteiger partial charge in [-0.1, -0.05) is 182 Å². The molecule has 6 bridgehead atoms. The average molecular weight is 757 g/mol. The van der Waals surface area contributed by atoms with Crippen LogP contribution in [0.25, 0.3) is 32.7 Å². The van der Waals surface area contributed by atoms with Gasteiger partial charge in [0.15, 0.2) is 0 Å². The van der Waals surface area contributed by atoms with Gasteiger partial charge in [-0.3, -0.25) is 0 Å². The van der Waals surface area contributed by atoms with Crippen molar-refractivity contribution in [3.63, 3.8) is 0 Å². The van der Waals surface area contributed by atoms with Gasteiger partial charge in [-0.25, -0.2) is 0 Å². The van der Waals surface area contributed by atoms with Gasteiger partial charge in [-0.05, 0) is 116 Å². The minimum Gasteiger partial charge on any atom is -0.489 e. The smallest absolute Gasteiger partial charge is 0.120 e. The van der Waals surface area contributed by atoms with Crippen LogP contribution in [-0.2, 0) is 13.2 Å². The maximum Gasteiger partial charge on any atom is 0.120 e. The van der Waals surface area contributed by atoms with Gasteiger partial charge >= 0.3 is 0 Å². The average Bonchev–Trinajstić information content (AvgIpc) is 3.26. The summed E-state index contributed by atoms with van der Waals surface area (Å²) in [7, 11) is -1.96. The number of fused-ring (bicyclic) bond motifs is 4. The first-order chi connectivity index (χ1) is 27.8. The highest BCUT2D eigenvalue weighted by atomic mass is 31.1. The molecule has 2 aliphatic heterocycles. The van der Waals surface area contributed by atoms with E-state index in [2.05, 4.69) is 206 Å². The van der Waals surface area contributed by atoms with E-state index in [4.69, 9.17) is 9.47 Å². The Morgan fingerprint density at radius 3 is 0.982 bits per heavy atom. The largest absolute Gasteiger partial charge is 0.489 e. The van der Waals surface area contributed by atoms with Crippen LogP contribution in [0.2, 0.25) is 0 Å². The second-order valence-corrected chi connectivity index (χ2v) is 18.5. The van der Waals surface area contributed by atoms with Crippen LogP contribution in [0.15, 0.2) is 206 Å². The third kappa shape index (κ3) is 6.67. The fraction of sp³-hybridized carbons (Fsp3) is 0.0385. The fourth-order valence-corrected chi connectivity index (χ4v) is 12.8. The second-order valence-electron chi connectivity index (χ2n) is 14.1. The Kier molecular flexibility index (Phi) is 9.38. The molecule has 0 radical (unpaired) electrons. The van der Waals surface area contributed by atoms with Crippen LogP contribution in [0.5, 0.6) is 11.5 Å². The summed E-state index contributed by atoms with van der Waals surface area (Å²) < 4.78 is 13.3. The minimum absolute atomic E-state index is 0.482. The second kappa shape index (κ2) is 15.2. The molecule has 0 fully saturated rings. The molecule has 0 N–H and O–H groups in total. The van der Waals surface area contributed by atoms with E-state index in [-0.39, 0.29) is 0 Å². The first-order valence-electron chi connectivity index (χ1n) is 19.0. The van der Waals surface area contributed by atoms with E-state index in [0.29, 0.717) is 13.2 Å². The molecular formula is C52H38O2P2. The highest BCUT2D eigenvalue weighted by Gasteiger charge is 2.28. The van der Waals surface area contributed by atoms with Gasteiger partial charge in [0.25, 0.3) is 0 Å². The van der Waals surface area contributed by atoms with Crippen LogP contribution in [-0.4, -0.2) is 0 Å². The first-order valence-corrected chi connectivity index (χ1v) is 21.7. The summed E-state index contributed by atoms with van der Waals surface area (Å²) in [6.45, 7) is 0.963. The fourth-order valence-electron chi connectivity index (χ4n) is 7.88. The maximum absolute atomic E-state index is 6.63. The van der Waals surface area contributed by atoms with Crippen molar-refractivity contribution in [1.29, 1.82) is 0 Å². The van der Waals surface area contributed by atoms with Crippen LogP contribution < -0.4 is 41.3 Å². The Bertz CT molecular complexity index is 2520.